The second-order valence-electron chi connectivity index (χ2n) is 4.99. The van der Waals surface area contributed by atoms with E-state index in [2.05, 4.69) is 10.1 Å². The molecule has 4 heteroatoms. The van der Waals surface area contributed by atoms with E-state index in [0.29, 0.717) is 30.3 Å². The Hall–Kier alpha value is -1.97. The van der Waals surface area contributed by atoms with E-state index in [4.69, 9.17) is 4.52 Å². The largest absolute Gasteiger partial charge is 0.339 e. The molecule has 0 aliphatic heterocycles. The van der Waals surface area contributed by atoms with Gasteiger partial charge >= 0.3 is 0 Å². The number of nitrogens with zero attached hydrogens (tertiary/aromatic N) is 2. The van der Waals surface area contributed by atoms with Gasteiger partial charge in [0.05, 0.1) is 0 Å². The van der Waals surface area contributed by atoms with Crippen LogP contribution in [0.3, 0.4) is 0 Å². The highest BCUT2D eigenvalue weighted by molar-refractivity contribution is 5.81. The van der Waals surface area contributed by atoms with Gasteiger partial charge in [0.1, 0.15) is 5.78 Å². The van der Waals surface area contributed by atoms with Crippen LogP contribution in [0.1, 0.15) is 31.6 Å². The fraction of sp³-hybridized carbons (Fsp3) is 0.400. The molecule has 4 nitrogen and oxygen atoms in total. The Bertz CT molecular complexity index is 563. The first-order valence-corrected chi connectivity index (χ1v) is 6.73. The highest BCUT2D eigenvalue weighted by Crippen LogP contribution is 2.24. The van der Waals surface area contributed by atoms with Crippen LogP contribution in [0.5, 0.6) is 0 Å². The summed E-state index contributed by atoms with van der Waals surface area (Å²) in [6.45, 7) is 0. The summed E-state index contributed by atoms with van der Waals surface area (Å²) in [5, 5.41) is 3.98. The number of Topliss-reactive ketones (excluding diaryl/α,β-unsaturated/α-hetero) is 1. The molecule has 1 aliphatic carbocycles. The fourth-order valence-corrected chi connectivity index (χ4v) is 2.52. The number of ketones is 1. The first-order chi connectivity index (χ1) is 9.33. The first-order valence-electron chi connectivity index (χ1n) is 6.73. The zero-order valence-corrected chi connectivity index (χ0v) is 10.7. The zero-order valence-electron chi connectivity index (χ0n) is 10.7. The SMILES string of the molecule is O=C1CCCCC1Cc1nc(-c2ccccc2)no1. The number of aromatic nitrogens is 2. The van der Waals surface area contributed by atoms with Crippen molar-refractivity contribution in [2.24, 2.45) is 5.92 Å². The van der Waals surface area contributed by atoms with Crippen LogP contribution in [0.2, 0.25) is 0 Å². The van der Waals surface area contributed by atoms with Crippen LogP contribution in [-0.4, -0.2) is 15.9 Å². The Morgan fingerprint density at radius 3 is 2.84 bits per heavy atom. The molecule has 1 atom stereocenters. The molecule has 1 aromatic carbocycles. The molecular formula is C15H16N2O2. The van der Waals surface area contributed by atoms with Crippen molar-refractivity contribution < 1.29 is 9.32 Å². The molecule has 98 valence electrons. The van der Waals surface area contributed by atoms with E-state index in [1.165, 1.54) is 0 Å². The Morgan fingerprint density at radius 2 is 2.05 bits per heavy atom. The third-order valence-electron chi connectivity index (χ3n) is 3.60. The maximum Gasteiger partial charge on any atom is 0.227 e. The number of benzene rings is 1. The molecule has 0 saturated heterocycles. The molecular weight excluding hydrogens is 240 g/mol. The lowest BCUT2D eigenvalue weighted by molar-refractivity contribution is -0.124. The molecule has 0 N–H and O–H groups in total. The van der Waals surface area contributed by atoms with Gasteiger partial charge < -0.3 is 4.52 Å². The van der Waals surface area contributed by atoms with E-state index >= 15 is 0 Å². The molecule has 0 radical (unpaired) electrons. The molecule has 0 spiro atoms. The number of hydrogen-bond acceptors (Lipinski definition) is 4. The van der Waals surface area contributed by atoms with Gasteiger partial charge in [-0.1, -0.05) is 41.9 Å². The summed E-state index contributed by atoms with van der Waals surface area (Å²) in [6.07, 6.45) is 4.37. The minimum atomic E-state index is 0.0674. The first kappa shape index (κ1) is 12.1. The van der Waals surface area contributed by atoms with Crippen molar-refractivity contribution in [2.45, 2.75) is 32.1 Å². The quantitative estimate of drug-likeness (QED) is 0.847. The molecule has 19 heavy (non-hydrogen) atoms. The van der Waals surface area contributed by atoms with E-state index in [1.54, 1.807) is 0 Å². The van der Waals surface area contributed by atoms with E-state index in [1.807, 2.05) is 30.3 Å². The van der Waals surface area contributed by atoms with Crippen molar-refractivity contribution in [2.75, 3.05) is 0 Å². The van der Waals surface area contributed by atoms with Crippen molar-refractivity contribution in [3.63, 3.8) is 0 Å². The van der Waals surface area contributed by atoms with Gasteiger partial charge in [0.25, 0.3) is 0 Å². The van der Waals surface area contributed by atoms with E-state index < -0.39 is 0 Å². The van der Waals surface area contributed by atoms with Gasteiger partial charge in [0, 0.05) is 24.3 Å². The highest BCUT2D eigenvalue weighted by Gasteiger charge is 2.24. The third-order valence-corrected chi connectivity index (χ3v) is 3.60. The van der Waals surface area contributed by atoms with Crippen molar-refractivity contribution in [3.8, 4) is 11.4 Å². The zero-order chi connectivity index (χ0) is 13.1. The minimum absolute atomic E-state index is 0.0674. The summed E-state index contributed by atoms with van der Waals surface area (Å²) in [5.74, 6) is 1.57. The van der Waals surface area contributed by atoms with Gasteiger partial charge in [-0.25, -0.2) is 0 Å². The molecule has 1 unspecified atom stereocenters. The maximum absolute atomic E-state index is 11.8. The predicted octanol–water partition coefficient (Wildman–Crippen LogP) is 3.04. The molecule has 1 aromatic heterocycles. The minimum Gasteiger partial charge on any atom is -0.339 e. The molecule has 1 fully saturated rings. The Labute approximate surface area is 111 Å². The van der Waals surface area contributed by atoms with Gasteiger partial charge in [0.2, 0.25) is 11.7 Å². The van der Waals surface area contributed by atoms with E-state index in [-0.39, 0.29) is 5.92 Å². The van der Waals surface area contributed by atoms with Crippen LogP contribution in [0.15, 0.2) is 34.9 Å². The summed E-state index contributed by atoms with van der Waals surface area (Å²) in [4.78, 5) is 16.2. The van der Waals surface area contributed by atoms with Crippen LogP contribution < -0.4 is 0 Å². The average molecular weight is 256 g/mol. The van der Waals surface area contributed by atoms with Gasteiger partial charge in [-0.2, -0.15) is 4.98 Å². The molecule has 1 aliphatic rings. The topological polar surface area (TPSA) is 56.0 Å². The van der Waals surface area contributed by atoms with Crippen molar-refractivity contribution in [1.29, 1.82) is 0 Å². The van der Waals surface area contributed by atoms with Gasteiger partial charge in [-0.05, 0) is 12.8 Å². The molecule has 0 bridgehead atoms. The van der Waals surface area contributed by atoms with Crippen LogP contribution in [-0.2, 0) is 11.2 Å². The molecule has 2 aromatic rings. The van der Waals surface area contributed by atoms with Crippen molar-refractivity contribution >= 4 is 5.78 Å². The maximum atomic E-state index is 11.8. The summed E-state index contributed by atoms with van der Waals surface area (Å²) in [6, 6.07) is 9.72. The van der Waals surface area contributed by atoms with Gasteiger partial charge in [-0.3, -0.25) is 4.79 Å². The van der Waals surface area contributed by atoms with Crippen molar-refractivity contribution in [1.82, 2.24) is 10.1 Å². The molecule has 1 heterocycles. The van der Waals surface area contributed by atoms with E-state index in [9.17, 15) is 4.79 Å². The Balaban J connectivity index is 1.73. The number of rotatable bonds is 3. The Kier molecular flexibility index (Phi) is 3.40. The monoisotopic (exact) mass is 256 g/mol. The summed E-state index contributed by atoms with van der Waals surface area (Å²) in [7, 11) is 0. The third kappa shape index (κ3) is 2.72. The standard InChI is InChI=1S/C15H16N2O2/c18-13-9-5-4-8-12(13)10-14-16-15(17-19-14)11-6-2-1-3-7-11/h1-3,6-7,12H,4-5,8-10H2. The number of carbonyl (C=O) groups is 1. The molecule has 0 amide bonds. The van der Waals surface area contributed by atoms with Gasteiger partial charge in [0.15, 0.2) is 0 Å². The van der Waals surface area contributed by atoms with Crippen molar-refractivity contribution in [3.05, 3.63) is 36.2 Å². The highest BCUT2D eigenvalue weighted by atomic mass is 16.5. The van der Waals surface area contributed by atoms with Crippen LogP contribution in [0, 0.1) is 5.92 Å². The average Bonchev–Trinajstić information content (AvgIpc) is 2.91. The van der Waals surface area contributed by atoms with Gasteiger partial charge in [-0.15, -0.1) is 0 Å². The predicted molar refractivity (Wildman–Crippen MR) is 70.4 cm³/mol. The second-order valence-corrected chi connectivity index (χ2v) is 4.99. The van der Waals surface area contributed by atoms with Crippen LogP contribution in [0.4, 0.5) is 0 Å². The smallest absolute Gasteiger partial charge is 0.227 e. The lowest BCUT2D eigenvalue weighted by Crippen LogP contribution is -2.21. The normalized spacial score (nSPS) is 19.6. The number of carbonyl (C=O) groups excluding carboxylic acids is 1. The summed E-state index contributed by atoms with van der Waals surface area (Å²) < 4.78 is 5.26. The number of hydrogen-bond donors (Lipinski definition) is 0. The van der Waals surface area contributed by atoms with E-state index in [0.717, 1.165) is 24.8 Å². The second kappa shape index (κ2) is 5.34. The fourth-order valence-electron chi connectivity index (χ4n) is 2.52. The van der Waals surface area contributed by atoms with Crippen LogP contribution >= 0.6 is 0 Å². The molecule has 1 saturated carbocycles. The lowest BCUT2D eigenvalue weighted by atomic mass is 9.86. The Morgan fingerprint density at radius 1 is 1.21 bits per heavy atom. The lowest BCUT2D eigenvalue weighted by Gasteiger charge is -2.18. The summed E-state index contributed by atoms with van der Waals surface area (Å²) >= 11 is 0. The molecule has 3 rings (SSSR count). The van der Waals surface area contributed by atoms with Crippen LogP contribution in [0.25, 0.3) is 11.4 Å². The summed E-state index contributed by atoms with van der Waals surface area (Å²) in [5.41, 5.74) is 0.937.